The molecule has 0 spiro atoms. The van der Waals surface area contributed by atoms with Gasteiger partial charge >= 0.3 is 5.97 Å². The Kier molecular flexibility index (Phi) is 5.08. The molecule has 0 saturated heterocycles. The first-order chi connectivity index (χ1) is 12.0. The number of phenols is 1. The molecule has 0 aliphatic heterocycles. The molecule has 1 heterocycles. The molecule has 0 saturated carbocycles. The zero-order valence-electron chi connectivity index (χ0n) is 14.5. The van der Waals surface area contributed by atoms with E-state index in [1.54, 1.807) is 24.4 Å². The van der Waals surface area contributed by atoms with Crippen LogP contribution in [0.4, 0.5) is 5.00 Å². The molecule has 1 atom stereocenters. The molecule has 0 fully saturated rings. The molecule has 1 aliphatic carbocycles. The summed E-state index contributed by atoms with van der Waals surface area (Å²) in [6.07, 6.45) is 4.46. The van der Waals surface area contributed by atoms with E-state index in [2.05, 4.69) is 11.9 Å². The summed E-state index contributed by atoms with van der Waals surface area (Å²) >= 11 is 1.53. The molecule has 1 aliphatic rings. The van der Waals surface area contributed by atoms with E-state index >= 15 is 0 Å². The number of para-hydroxylation sites is 1. The van der Waals surface area contributed by atoms with Gasteiger partial charge in [0.25, 0.3) is 0 Å². The van der Waals surface area contributed by atoms with Crippen LogP contribution < -0.4 is 4.74 Å². The number of thiophene rings is 1. The molecule has 1 aromatic heterocycles. The second kappa shape index (κ2) is 7.27. The Balaban J connectivity index is 2.01. The minimum Gasteiger partial charge on any atom is -0.504 e. The van der Waals surface area contributed by atoms with Gasteiger partial charge in [0.1, 0.15) is 5.00 Å². The zero-order valence-corrected chi connectivity index (χ0v) is 15.4. The number of hydrogen-bond donors (Lipinski definition) is 1. The molecule has 6 heteroatoms. The normalized spacial score (nSPS) is 16.7. The van der Waals surface area contributed by atoms with Crippen molar-refractivity contribution in [3.05, 3.63) is 39.8 Å². The van der Waals surface area contributed by atoms with E-state index in [0.717, 1.165) is 24.8 Å². The van der Waals surface area contributed by atoms with Crippen LogP contribution in [0, 0.1) is 5.92 Å². The van der Waals surface area contributed by atoms with Gasteiger partial charge in [-0.05, 0) is 42.9 Å². The Morgan fingerprint density at radius 2 is 2.20 bits per heavy atom. The average molecular weight is 359 g/mol. The first-order valence-electron chi connectivity index (χ1n) is 8.18. The fourth-order valence-corrected chi connectivity index (χ4v) is 4.42. The van der Waals surface area contributed by atoms with Crippen LogP contribution in [-0.2, 0) is 17.6 Å². The maximum Gasteiger partial charge on any atom is 0.341 e. The van der Waals surface area contributed by atoms with Crippen molar-refractivity contribution in [1.29, 1.82) is 0 Å². The molecule has 0 unspecified atom stereocenters. The maximum atomic E-state index is 12.3. The van der Waals surface area contributed by atoms with E-state index < -0.39 is 0 Å². The van der Waals surface area contributed by atoms with Gasteiger partial charge in [-0.2, -0.15) is 0 Å². The Morgan fingerprint density at radius 1 is 1.40 bits per heavy atom. The number of fused-ring (bicyclic) bond motifs is 1. The van der Waals surface area contributed by atoms with E-state index in [-0.39, 0.29) is 11.7 Å². The number of aliphatic imine (C=N–C) groups is 1. The fourth-order valence-electron chi connectivity index (χ4n) is 3.08. The zero-order chi connectivity index (χ0) is 18.0. The summed E-state index contributed by atoms with van der Waals surface area (Å²) in [4.78, 5) is 18.0. The summed E-state index contributed by atoms with van der Waals surface area (Å²) in [5.74, 6) is 0.671. The fraction of sp³-hybridized carbons (Fsp3) is 0.368. The Bertz CT molecular complexity index is 825. The first kappa shape index (κ1) is 17.5. The number of aromatic hydroxyl groups is 1. The third kappa shape index (κ3) is 3.39. The highest BCUT2D eigenvalue weighted by Gasteiger charge is 2.27. The van der Waals surface area contributed by atoms with Crippen LogP contribution >= 0.6 is 11.3 Å². The highest BCUT2D eigenvalue weighted by molar-refractivity contribution is 7.16. The summed E-state index contributed by atoms with van der Waals surface area (Å²) in [5, 5.41) is 10.8. The van der Waals surface area contributed by atoms with Crippen LogP contribution in [0.15, 0.2) is 23.2 Å². The van der Waals surface area contributed by atoms with Crippen molar-refractivity contribution in [2.75, 3.05) is 14.2 Å². The largest absolute Gasteiger partial charge is 0.504 e. The van der Waals surface area contributed by atoms with Crippen LogP contribution in [-0.4, -0.2) is 31.5 Å². The number of rotatable bonds is 4. The lowest BCUT2D eigenvalue weighted by Gasteiger charge is -2.18. The van der Waals surface area contributed by atoms with Gasteiger partial charge < -0.3 is 14.6 Å². The van der Waals surface area contributed by atoms with Gasteiger partial charge in [0, 0.05) is 16.7 Å². The van der Waals surface area contributed by atoms with E-state index in [1.807, 2.05) is 0 Å². The molecular formula is C19H21NO4S. The number of carbonyl (C=O) groups is 1. The highest BCUT2D eigenvalue weighted by atomic mass is 32.1. The molecule has 1 N–H and O–H groups in total. The van der Waals surface area contributed by atoms with Crippen LogP contribution in [0.2, 0.25) is 0 Å². The summed E-state index contributed by atoms with van der Waals surface area (Å²) in [7, 11) is 2.89. The molecule has 0 bridgehead atoms. The van der Waals surface area contributed by atoms with Crippen LogP contribution in [0.5, 0.6) is 11.5 Å². The molecule has 0 radical (unpaired) electrons. The molecule has 25 heavy (non-hydrogen) atoms. The molecule has 1 aromatic carbocycles. The van der Waals surface area contributed by atoms with Gasteiger partial charge in [-0.3, -0.25) is 0 Å². The van der Waals surface area contributed by atoms with Crippen LogP contribution in [0.1, 0.15) is 39.7 Å². The van der Waals surface area contributed by atoms with Crippen molar-refractivity contribution < 1.29 is 19.4 Å². The summed E-state index contributed by atoms with van der Waals surface area (Å²) in [6, 6.07) is 5.20. The number of hydrogen-bond acceptors (Lipinski definition) is 6. The molecule has 5 nitrogen and oxygen atoms in total. The van der Waals surface area contributed by atoms with Gasteiger partial charge in [0.2, 0.25) is 0 Å². The lowest BCUT2D eigenvalue weighted by molar-refractivity contribution is 0.0600. The van der Waals surface area contributed by atoms with Gasteiger partial charge in [-0.25, -0.2) is 9.79 Å². The number of esters is 1. The lowest BCUT2D eigenvalue weighted by Crippen LogP contribution is -2.12. The highest BCUT2D eigenvalue weighted by Crippen LogP contribution is 2.41. The second-order valence-corrected chi connectivity index (χ2v) is 7.26. The molecule has 0 amide bonds. The van der Waals surface area contributed by atoms with Gasteiger partial charge in [-0.1, -0.05) is 13.0 Å². The number of phenolic OH excluding ortho intramolecular Hbond substituents is 1. The van der Waals surface area contributed by atoms with Crippen LogP contribution in [0.25, 0.3) is 0 Å². The third-order valence-corrected chi connectivity index (χ3v) is 5.62. The standard InChI is InChI=1S/C19H21NO4S/c1-11-7-8-13-15(9-11)25-18(16(13)19(22)24-3)20-10-12-5-4-6-14(23-2)17(12)21/h4-6,10-11,21H,7-9H2,1-3H3/t11-/m1/s1. The van der Waals surface area contributed by atoms with Crippen molar-refractivity contribution in [2.45, 2.75) is 26.2 Å². The topological polar surface area (TPSA) is 68.1 Å². The lowest BCUT2D eigenvalue weighted by atomic mass is 9.88. The monoisotopic (exact) mass is 359 g/mol. The number of ether oxygens (including phenoxy) is 2. The van der Waals surface area contributed by atoms with Crippen molar-refractivity contribution in [3.63, 3.8) is 0 Å². The van der Waals surface area contributed by atoms with Crippen molar-refractivity contribution >= 4 is 28.5 Å². The Hall–Kier alpha value is -2.34. The minimum atomic E-state index is -0.353. The van der Waals surface area contributed by atoms with E-state index in [9.17, 15) is 9.90 Å². The van der Waals surface area contributed by atoms with E-state index in [1.165, 1.54) is 30.4 Å². The number of benzene rings is 1. The molecule has 3 rings (SSSR count). The van der Waals surface area contributed by atoms with Crippen molar-refractivity contribution in [2.24, 2.45) is 10.9 Å². The van der Waals surface area contributed by atoms with Crippen molar-refractivity contribution in [3.8, 4) is 11.5 Å². The van der Waals surface area contributed by atoms with Crippen LogP contribution in [0.3, 0.4) is 0 Å². The van der Waals surface area contributed by atoms with Gasteiger partial charge in [0.15, 0.2) is 11.5 Å². The molecular weight excluding hydrogens is 338 g/mol. The Morgan fingerprint density at radius 3 is 2.92 bits per heavy atom. The summed E-state index contributed by atoms with van der Waals surface area (Å²) < 4.78 is 10.1. The number of nitrogens with zero attached hydrogens (tertiary/aromatic N) is 1. The minimum absolute atomic E-state index is 0.0308. The average Bonchev–Trinajstić information content (AvgIpc) is 2.97. The van der Waals surface area contributed by atoms with Gasteiger partial charge in [-0.15, -0.1) is 11.3 Å². The maximum absolute atomic E-state index is 12.3. The number of methoxy groups -OCH3 is 2. The predicted octanol–water partition coefficient (Wildman–Crippen LogP) is 4.12. The second-order valence-electron chi connectivity index (χ2n) is 6.18. The summed E-state index contributed by atoms with van der Waals surface area (Å²) in [5.41, 5.74) is 2.17. The predicted molar refractivity (Wildman–Crippen MR) is 98.8 cm³/mol. The summed E-state index contributed by atoms with van der Waals surface area (Å²) in [6.45, 7) is 2.22. The van der Waals surface area contributed by atoms with Crippen molar-refractivity contribution in [1.82, 2.24) is 0 Å². The first-order valence-corrected chi connectivity index (χ1v) is 8.99. The van der Waals surface area contributed by atoms with Gasteiger partial charge in [0.05, 0.1) is 19.8 Å². The smallest absolute Gasteiger partial charge is 0.341 e. The van der Waals surface area contributed by atoms with E-state index in [4.69, 9.17) is 9.47 Å². The molecule has 132 valence electrons. The third-order valence-electron chi connectivity index (χ3n) is 4.45. The SMILES string of the molecule is COC(=O)c1c(N=Cc2cccc(OC)c2O)sc2c1CC[C@@H](C)C2. The quantitative estimate of drug-likeness (QED) is 0.658. The Labute approximate surface area is 150 Å². The molecule has 2 aromatic rings. The van der Waals surface area contributed by atoms with E-state index in [0.29, 0.717) is 27.8 Å². The number of carbonyl (C=O) groups excluding carboxylic acids is 1.